The Labute approximate surface area is 145 Å². The van der Waals surface area contributed by atoms with Crippen LogP contribution in [-0.4, -0.2) is 16.8 Å². The minimum Gasteiger partial charge on any atom is -0.508 e. The standard InChI is InChI=1S/C21H28O3/c1-15(2)6-4-7-16(3)8-5-9-17-12-21(24-14-17)19-13-18(22)10-11-20(19)23/h6,8-11,13,21-23H,4-5,7,12,14H2,1-3H3/b16-8+,17-9-/t21-/m1/s1. The molecule has 0 aliphatic carbocycles. The van der Waals surface area contributed by atoms with E-state index in [0.717, 1.165) is 25.7 Å². The maximum atomic E-state index is 9.93. The van der Waals surface area contributed by atoms with Gasteiger partial charge in [-0.25, -0.2) is 0 Å². The van der Waals surface area contributed by atoms with E-state index < -0.39 is 0 Å². The van der Waals surface area contributed by atoms with Crippen LogP contribution in [0.15, 0.2) is 53.1 Å². The number of phenols is 2. The van der Waals surface area contributed by atoms with Gasteiger partial charge in [-0.05, 0) is 63.8 Å². The number of hydrogen-bond donors (Lipinski definition) is 2. The van der Waals surface area contributed by atoms with E-state index in [-0.39, 0.29) is 17.6 Å². The Kier molecular flexibility index (Phi) is 6.68. The summed E-state index contributed by atoms with van der Waals surface area (Å²) >= 11 is 0. The van der Waals surface area contributed by atoms with Gasteiger partial charge in [-0.2, -0.15) is 0 Å². The maximum Gasteiger partial charge on any atom is 0.121 e. The van der Waals surface area contributed by atoms with Gasteiger partial charge in [-0.1, -0.05) is 29.4 Å². The van der Waals surface area contributed by atoms with Gasteiger partial charge >= 0.3 is 0 Å². The molecule has 1 heterocycles. The van der Waals surface area contributed by atoms with Crippen molar-refractivity contribution in [1.82, 2.24) is 0 Å². The predicted octanol–water partition coefficient (Wildman–Crippen LogP) is 5.57. The summed E-state index contributed by atoms with van der Waals surface area (Å²) < 4.78 is 5.77. The van der Waals surface area contributed by atoms with E-state index in [4.69, 9.17) is 4.74 Å². The summed E-state index contributed by atoms with van der Waals surface area (Å²) in [6.45, 7) is 7.02. The molecule has 1 aromatic carbocycles. The summed E-state index contributed by atoms with van der Waals surface area (Å²) in [5.74, 6) is 0.327. The van der Waals surface area contributed by atoms with E-state index in [1.54, 1.807) is 6.07 Å². The van der Waals surface area contributed by atoms with Crippen molar-refractivity contribution in [3.05, 3.63) is 58.7 Å². The van der Waals surface area contributed by atoms with E-state index in [9.17, 15) is 10.2 Å². The minimum absolute atomic E-state index is 0.152. The summed E-state index contributed by atoms with van der Waals surface area (Å²) in [4.78, 5) is 0. The normalized spacial score (nSPS) is 19.7. The van der Waals surface area contributed by atoms with Gasteiger partial charge in [-0.3, -0.25) is 0 Å². The van der Waals surface area contributed by atoms with Crippen LogP contribution in [0, 0.1) is 0 Å². The van der Waals surface area contributed by atoms with E-state index in [1.165, 1.54) is 28.9 Å². The third-order valence-electron chi connectivity index (χ3n) is 4.24. The Morgan fingerprint density at radius 3 is 2.75 bits per heavy atom. The molecule has 0 aromatic heterocycles. The Hall–Kier alpha value is -2.00. The van der Waals surface area contributed by atoms with Crippen LogP contribution in [-0.2, 0) is 4.74 Å². The fourth-order valence-corrected chi connectivity index (χ4v) is 2.82. The summed E-state index contributed by atoms with van der Waals surface area (Å²) in [5, 5.41) is 19.5. The van der Waals surface area contributed by atoms with Gasteiger partial charge < -0.3 is 14.9 Å². The second-order valence-corrected chi connectivity index (χ2v) is 6.72. The Balaban J connectivity index is 1.87. The van der Waals surface area contributed by atoms with Gasteiger partial charge in [-0.15, -0.1) is 0 Å². The fraction of sp³-hybridized carbons (Fsp3) is 0.429. The molecule has 3 heteroatoms. The summed E-state index contributed by atoms with van der Waals surface area (Å²) in [6, 6.07) is 4.57. The van der Waals surface area contributed by atoms with Crippen molar-refractivity contribution >= 4 is 0 Å². The highest BCUT2D eigenvalue weighted by Gasteiger charge is 2.24. The van der Waals surface area contributed by atoms with Gasteiger partial charge in [0.05, 0.1) is 12.7 Å². The summed E-state index contributed by atoms with van der Waals surface area (Å²) in [7, 11) is 0. The second-order valence-electron chi connectivity index (χ2n) is 6.72. The van der Waals surface area contributed by atoms with Crippen LogP contribution in [0.1, 0.15) is 58.1 Å². The molecule has 1 aliphatic heterocycles. The third-order valence-corrected chi connectivity index (χ3v) is 4.24. The lowest BCUT2D eigenvalue weighted by Crippen LogP contribution is -1.95. The van der Waals surface area contributed by atoms with Gasteiger partial charge in [0.1, 0.15) is 11.5 Å². The molecule has 1 saturated heterocycles. The molecule has 2 rings (SSSR count). The lowest BCUT2D eigenvalue weighted by Gasteiger charge is -2.11. The number of ether oxygens (including phenoxy) is 1. The average Bonchev–Trinajstić information content (AvgIpc) is 2.98. The first kappa shape index (κ1) is 18.3. The van der Waals surface area contributed by atoms with Crippen LogP contribution in [0.5, 0.6) is 11.5 Å². The molecule has 2 N–H and O–H groups in total. The number of hydrogen-bond acceptors (Lipinski definition) is 3. The maximum absolute atomic E-state index is 9.93. The van der Waals surface area contributed by atoms with Crippen LogP contribution in [0.4, 0.5) is 0 Å². The van der Waals surface area contributed by atoms with Crippen LogP contribution < -0.4 is 0 Å². The molecule has 1 aromatic rings. The van der Waals surface area contributed by atoms with E-state index in [0.29, 0.717) is 12.2 Å². The Morgan fingerprint density at radius 1 is 1.21 bits per heavy atom. The van der Waals surface area contributed by atoms with Crippen molar-refractivity contribution in [1.29, 1.82) is 0 Å². The van der Waals surface area contributed by atoms with Crippen LogP contribution in [0.25, 0.3) is 0 Å². The first-order chi connectivity index (χ1) is 11.5. The zero-order valence-corrected chi connectivity index (χ0v) is 14.9. The molecule has 1 atom stereocenters. The molecule has 0 bridgehead atoms. The van der Waals surface area contributed by atoms with Crippen molar-refractivity contribution in [3.8, 4) is 11.5 Å². The zero-order valence-electron chi connectivity index (χ0n) is 14.9. The van der Waals surface area contributed by atoms with Gasteiger partial charge in [0.25, 0.3) is 0 Å². The number of phenolic OH excluding ortho intramolecular Hbond substituents is 2. The molecule has 0 spiro atoms. The summed E-state index contributed by atoms with van der Waals surface area (Å²) in [5.41, 5.74) is 4.68. The largest absolute Gasteiger partial charge is 0.508 e. The molecule has 24 heavy (non-hydrogen) atoms. The van der Waals surface area contributed by atoms with Crippen LogP contribution in [0.3, 0.4) is 0 Å². The van der Waals surface area contributed by atoms with Gasteiger partial charge in [0, 0.05) is 12.0 Å². The van der Waals surface area contributed by atoms with Gasteiger partial charge in [0.15, 0.2) is 0 Å². The fourth-order valence-electron chi connectivity index (χ4n) is 2.82. The highest BCUT2D eigenvalue weighted by molar-refractivity contribution is 5.41. The SMILES string of the molecule is CC(C)=CCC/C(C)=C/C/C=C1\CO[C@@H](c2cc(O)ccc2O)C1. The van der Waals surface area contributed by atoms with Crippen molar-refractivity contribution in [2.24, 2.45) is 0 Å². The molecule has 130 valence electrons. The Morgan fingerprint density at radius 2 is 2.00 bits per heavy atom. The molecular formula is C21H28O3. The number of aromatic hydroxyl groups is 2. The number of benzene rings is 1. The predicted molar refractivity (Wildman–Crippen MR) is 98.2 cm³/mol. The summed E-state index contributed by atoms with van der Waals surface area (Å²) in [6.07, 6.45) is 10.5. The smallest absolute Gasteiger partial charge is 0.121 e. The minimum atomic E-state index is -0.175. The topological polar surface area (TPSA) is 49.7 Å². The first-order valence-electron chi connectivity index (χ1n) is 8.56. The molecule has 3 nitrogen and oxygen atoms in total. The van der Waals surface area contributed by atoms with E-state index in [1.807, 2.05) is 0 Å². The lowest BCUT2D eigenvalue weighted by atomic mass is 10.0. The zero-order chi connectivity index (χ0) is 17.5. The molecular weight excluding hydrogens is 300 g/mol. The van der Waals surface area contributed by atoms with E-state index >= 15 is 0 Å². The quantitative estimate of drug-likeness (QED) is 0.530. The van der Waals surface area contributed by atoms with Crippen molar-refractivity contribution in [2.45, 2.75) is 52.6 Å². The van der Waals surface area contributed by atoms with Crippen molar-refractivity contribution in [3.63, 3.8) is 0 Å². The Bertz CT molecular complexity index is 649. The molecule has 1 fully saturated rings. The highest BCUT2D eigenvalue weighted by atomic mass is 16.5. The molecule has 1 aliphatic rings. The highest BCUT2D eigenvalue weighted by Crippen LogP contribution is 2.38. The van der Waals surface area contributed by atoms with Gasteiger partial charge in [0.2, 0.25) is 0 Å². The lowest BCUT2D eigenvalue weighted by molar-refractivity contribution is 0.112. The molecule has 0 radical (unpaired) electrons. The van der Waals surface area contributed by atoms with Crippen LogP contribution >= 0.6 is 0 Å². The van der Waals surface area contributed by atoms with Crippen molar-refractivity contribution < 1.29 is 14.9 Å². The molecule has 0 unspecified atom stereocenters. The average molecular weight is 328 g/mol. The molecule has 0 saturated carbocycles. The van der Waals surface area contributed by atoms with E-state index in [2.05, 4.69) is 39.0 Å². The first-order valence-corrected chi connectivity index (χ1v) is 8.56. The number of allylic oxidation sites excluding steroid dienone is 5. The van der Waals surface area contributed by atoms with Crippen LogP contribution in [0.2, 0.25) is 0 Å². The van der Waals surface area contributed by atoms with Crippen molar-refractivity contribution in [2.75, 3.05) is 6.61 Å². The monoisotopic (exact) mass is 328 g/mol. The number of rotatable bonds is 6. The third kappa shape index (κ3) is 5.57. The second kappa shape index (κ2) is 8.74. The molecule has 0 amide bonds.